The number of piperazine rings is 1. The number of benzene rings is 2. The van der Waals surface area contributed by atoms with Crippen LogP contribution in [0.1, 0.15) is 84.0 Å². The number of anilines is 1. The highest BCUT2D eigenvalue weighted by atomic mass is 32.1. The van der Waals surface area contributed by atoms with Crippen molar-refractivity contribution >= 4 is 44.0 Å². The van der Waals surface area contributed by atoms with E-state index in [1.165, 1.54) is 60.7 Å². The van der Waals surface area contributed by atoms with E-state index in [9.17, 15) is 4.79 Å². The van der Waals surface area contributed by atoms with Gasteiger partial charge >= 0.3 is 5.97 Å². The van der Waals surface area contributed by atoms with Crippen LogP contribution >= 0.6 is 11.3 Å². The zero-order valence-corrected chi connectivity index (χ0v) is 27.3. The van der Waals surface area contributed by atoms with Crippen molar-refractivity contribution in [3.8, 4) is 11.6 Å². The fourth-order valence-corrected chi connectivity index (χ4v) is 6.87. The number of rotatable bonds is 18. The summed E-state index contributed by atoms with van der Waals surface area (Å²) in [4.78, 5) is 22.1. The molecule has 6 nitrogen and oxygen atoms in total. The number of ether oxygens (including phenoxy) is 2. The Hall–Kier alpha value is -3.16. The van der Waals surface area contributed by atoms with Gasteiger partial charge in [-0.15, -0.1) is 11.3 Å². The monoisotopic (exact) mass is 615 g/mol. The number of hydrogen-bond acceptors (Lipinski definition) is 7. The summed E-state index contributed by atoms with van der Waals surface area (Å²) in [6.45, 7) is 8.38. The molecule has 0 amide bonds. The summed E-state index contributed by atoms with van der Waals surface area (Å²) >= 11 is 1.82. The topological polar surface area (TPSA) is 54.9 Å². The van der Waals surface area contributed by atoms with Crippen LogP contribution in [0.4, 0.5) is 5.69 Å². The van der Waals surface area contributed by atoms with Gasteiger partial charge in [-0.05, 0) is 67.6 Å². The van der Waals surface area contributed by atoms with Crippen molar-refractivity contribution in [3.05, 3.63) is 60.0 Å². The molecule has 0 atom stereocenters. The molecule has 0 radical (unpaired) electrons. The molecule has 0 N–H and O–H groups in total. The molecule has 0 bridgehead atoms. The Balaban J connectivity index is 0.966. The molecule has 236 valence electrons. The Morgan fingerprint density at radius 1 is 0.841 bits per heavy atom. The summed E-state index contributed by atoms with van der Waals surface area (Å²) in [5, 5.41) is 4.58. The molecular weight excluding hydrogens is 566 g/mol. The Morgan fingerprint density at radius 3 is 2.43 bits per heavy atom. The van der Waals surface area contributed by atoms with E-state index in [4.69, 9.17) is 9.47 Å². The lowest BCUT2D eigenvalue weighted by Crippen LogP contribution is -2.46. The average molecular weight is 616 g/mol. The van der Waals surface area contributed by atoms with Crippen LogP contribution in [0.3, 0.4) is 0 Å². The summed E-state index contributed by atoms with van der Waals surface area (Å²) < 4.78 is 13.0. The number of nitrogens with zero attached hydrogens (tertiary/aromatic N) is 3. The van der Waals surface area contributed by atoms with Crippen LogP contribution in [0.5, 0.6) is 11.6 Å². The van der Waals surface area contributed by atoms with Crippen LogP contribution in [-0.2, 0) is 4.79 Å². The third-order valence-electron chi connectivity index (χ3n) is 8.66. The van der Waals surface area contributed by atoms with Crippen molar-refractivity contribution in [2.45, 2.75) is 84.0 Å². The minimum atomic E-state index is -0.201. The summed E-state index contributed by atoms with van der Waals surface area (Å²) in [6.07, 6.45) is 13.6. The molecule has 0 spiro atoms. The van der Waals surface area contributed by atoms with Gasteiger partial charge in [0.1, 0.15) is 5.75 Å². The Bertz CT molecular complexity index is 1450. The van der Waals surface area contributed by atoms with E-state index < -0.39 is 0 Å². The number of fused-ring (bicyclic) bond motifs is 2. The molecule has 4 aromatic rings. The highest BCUT2D eigenvalue weighted by Gasteiger charge is 2.18. The fraction of sp³-hybridized carbons (Fsp3) is 0.514. The number of carbonyl (C=O) groups excluding carboxylic acids is 1. The first-order valence-electron chi connectivity index (χ1n) is 16.9. The molecule has 2 aromatic carbocycles. The first kappa shape index (κ1) is 32.2. The van der Waals surface area contributed by atoms with Gasteiger partial charge in [-0.1, -0.05) is 64.4 Å². The van der Waals surface area contributed by atoms with Crippen LogP contribution in [0.2, 0.25) is 0 Å². The first-order chi connectivity index (χ1) is 21.7. The van der Waals surface area contributed by atoms with E-state index in [0.29, 0.717) is 18.9 Å². The van der Waals surface area contributed by atoms with Crippen molar-refractivity contribution < 1.29 is 14.3 Å². The maximum absolute atomic E-state index is 12.4. The third-order valence-corrected chi connectivity index (χ3v) is 9.55. The first-order valence-corrected chi connectivity index (χ1v) is 17.8. The second kappa shape index (κ2) is 17.4. The van der Waals surface area contributed by atoms with E-state index in [0.717, 1.165) is 75.1 Å². The summed E-state index contributed by atoms with van der Waals surface area (Å²) in [5.41, 5.74) is 2.16. The maximum atomic E-state index is 12.4. The van der Waals surface area contributed by atoms with Gasteiger partial charge in [-0.25, -0.2) is 4.98 Å². The Kier molecular flexibility index (Phi) is 12.7. The van der Waals surface area contributed by atoms with Crippen LogP contribution in [0.15, 0.2) is 60.0 Å². The van der Waals surface area contributed by atoms with Crippen LogP contribution in [-0.4, -0.2) is 55.2 Å². The molecule has 0 unspecified atom stereocenters. The van der Waals surface area contributed by atoms with E-state index in [2.05, 4.69) is 51.4 Å². The van der Waals surface area contributed by atoms with Gasteiger partial charge in [0.15, 0.2) is 0 Å². The predicted molar refractivity (Wildman–Crippen MR) is 184 cm³/mol. The van der Waals surface area contributed by atoms with Crippen molar-refractivity contribution in [2.24, 2.45) is 0 Å². The smallest absolute Gasteiger partial charge is 0.312 e. The molecule has 44 heavy (non-hydrogen) atoms. The number of pyridine rings is 1. The molecule has 5 rings (SSSR count). The third kappa shape index (κ3) is 9.67. The largest absolute Gasteiger partial charge is 0.494 e. The zero-order chi connectivity index (χ0) is 30.4. The van der Waals surface area contributed by atoms with Crippen molar-refractivity contribution in [2.75, 3.05) is 44.2 Å². The Labute approximate surface area is 267 Å². The molecule has 7 heteroatoms. The standard InChI is InChI=1S/C37H49N3O3S/c1-2-3-4-5-6-7-8-9-10-16-37(41)43-36-20-18-30-17-19-31(29-33(30)38-36)42-27-12-11-22-39-23-25-40(26-24-39)34-14-13-15-35-32(34)21-28-44-35/h13-15,17-21,28-29H,2-12,16,22-27H2,1H3. The molecule has 2 aromatic heterocycles. The van der Waals surface area contributed by atoms with Gasteiger partial charge in [0.25, 0.3) is 0 Å². The normalized spacial score (nSPS) is 14.0. The fourth-order valence-electron chi connectivity index (χ4n) is 6.07. The highest BCUT2D eigenvalue weighted by Crippen LogP contribution is 2.31. The molecule has 0 saturated carbocycles. The summed E-state index contributed by atoms with van der Waals surface area (Å²) in [6, 6.07) is 18.6. The second-order valence-electron chi connectivity index (χ2n) is 12.1. The van der Waals surface area contributed by atoms with Crippen molar-refractivity contribution in [1.82, 2.24) is 9.88 Å². The number of esters is 1. The van der Waals surface area contributed by atoms with E-state index in [1.807, 2.05) is 35.6 Å². The molecular formula is C37H49N3O3S. The lowest BCUT2D eigenvalue weighted by molar-refractivity contribution is -0.134. The number of hydrogen-bond donors (Lipinski definition) is 0. The highest BCUT2D eigenvalue weighted by molar-refractivity contribution is 7.17. The van der Waals surface area contributed by atoms with E-state index >= 15 is 0 Å². The molecule has 1 saturated heterocycles. The number of thiophene rings is 1. The SMILES string of the molecule is CCCCCCCCCCCC(=O)Oc1ccc2ccc(OCCCCN3CCN(c4cccc5sccc45)CC3)cc2n1. The molecule has 1 aliphatic heterocycles. The Morgan fingerprint density at radius 2 is 1.61 bits per heavy atom. The van der Waals surface area contributed by atoms with E-state index in [-0.39, 0.29) is 5.97 Å². The minimum absolute atomic E-state index is 0.201. The van der Waals surface area contributed by atoms with Crippen LogP contribution in [0.25, 0.3) is 21.0 Å². The molecule has 1 aliphatic rings. The number of aromatic nitrogens is 1. The van der Waals surface area contributed by atoms with Gasteiger partial charge in [0.2, 0.25) is 5.88 Å². The quantitative estimate of drug-likeness (QED) is 0.0821. The van der Waals surface area contributed by atoms with E-state index in [1.54, 1.807) is 6.07 Å². The minimum Gasteiger partial charge on any atom is -0.494 e. The number of carbonyl (C=O) groups is 1. The van der Waals surface area contributed by atoms with Gasteiger partial charge in [0.05, 0.1) is 12.1 Å². The molecule has 3 heterocycles. The maximum Gasteiger partial charge on any atom is 0.312 e. The van der Waals surface area contributed by atoms with Gasteiger partial charge in [0, 0.05) is 65.9 Å². The van der Waals surface area contributed by atoms with Gasteiger partial charge in [-0.2, -0.15) is 0 Å². The average Bonchev–Trinajstić information content (AvgIpc) is 3.53. The van der Waals surface area contributed by atoms with Crippen LogP contribution < -0.4 is 14.4 Å². The summed E-state index contributed by atoms with van der Waals surface area (Å²) in [5.74, 6) is 0.968. The predicted octanol–water partition coefficient (Wildman–Crippen LogP) is 9.26. The number of unbranched alkanes of at least 4 members (excludes halogenated alkanes) is 9. The van der Waals surface area contributed by atoms with Crippen molar-refractivity contribution in [1.29, 1.82) is 0 Å². The lowest BCUT2D eigenvalue weighted by Gasteiger charge is -2.36. The molecule has 0 aliphatic carbocycles. The van der Waals surface area contributed by atoms with Crippen molar-refractivity contribution in [3.63, 3.8) is 0 Å². The van der Waals surface area contributed by atoms with Gasteiger partial charge < -0.3 is 14.4 Å². The van der Waals surface area contributed by atoms with Crippen LogP contribution in [0, 0.1) is 0 Å². The lowest BCUT2D eigenvalue weighted by atomic mass is 10.1. The molecule has 1 fully saturated rings. The second-order valence-corrected chi connectivity index (χ2v) is 13.0. The van der Waals surface area contributed by atoms with Gasteiger partial charge in [-0.3, -0.25) is 9.69 Å². The summed E-state index contributed by atoms with van der Waals surface area (Å²) in [7, 11) is 0. The zero-order valence-electron chi connectivity index (χ0n) is 26.5.